The van der Waals surface area contributed by atoms with Gasteiger partial charge in [-0.05, 0) is 58.3 Å². The summed E-state index contributed by atoms with van der Waals surface area (Å²) >= 11 is 0. The summed E-state index contributed by atoms with van der Waals surface area (Å²) in [5, 5.41) is 0. The van der Waals surface area contributed by atoms with Crippen molar-refractivity contribution < 1.29 is 0 Å². The minimum absolute atomic E-state index is 0.733. The van der Waals surface area contributed by atoms with Crippen molar-refractivity contribution in [1.82, 2.24) is 9.80 Å². The van der Waals surface area contributed by atoms with E-state index in [2.05, 4.69) is 30.8 Å². The Morgan fingerprint density at radius 2 is 2.25 bits per heavy atom. The lowest BCUT2D eigenvalue weighted by molar-refractivity contribution is 0.157. The molecule has 96 valence electrons. The van der Waals surface area contributed by atoms with Crippen molar-refractivity contribution in [3.63, 3.8) is 0 Å². The molecule has 0 aromatic heterocycles. The lowest BCUT2D eigenvalue weighted by Crippen LogP contribution is -2.39. The highest BCUT2D eigenvalue weighted by Gasteiger charge is 2.19. The molecular weight excluding hydrogens is 198 g/mol. The van der Waals surface area contributed by atoms with Gasteiger partial charge in [0.2, 0.25) is 0 Å². The van der Waals surface area contributed by atoms with Gasteiger partial charge >= 0.3 is 0 Å². The third kappa shape index (κ3) is 5.28. The molecule has 1 aliphatic heterocycles. The average Bonchev–Trinajstić information content (AvgIpc) is 2.17. The van der Waals surface area contributed by atoms with Crippen molar-refractivity contribution in [2.45, 2.75) is 26.2 Å². The summed E-state index contributed by atoms with van der Waals surface area (Å²) in [6.07, 6.45) is 3.92. The van der Waals surface area contributed by atoms with E-state index in [1.165, 1.54) is 39.0 Å². The van der Waals surface area contributed by atoms with Crippen LogP contribution < -0.4 is 5.73 Å². The van der Waals surface area contributed by atoms with Crippen LogP contribution in [0.25, 0.3) is 0 Å². The third-order valence-corrected chi connectivity index (χ3v) is 3.57. The Kier molecular flexibility index (Phi) is 6.32. The maximum Gasteiger partial charge on any atom is 0.00190 e. The molecule has 1 fully saturated rings. The Morgan fingerprint density at radius 3 is 2.88 bits per heavy atom. The van der Waals surface area contributed by atoms with Gasteiger partial charge in [-0.15, -0.1) is 0 Å². The molecule has 0 aliphatic carbocycles. The number of nitrogens with zero attached hydrogens (tertiary/aromatic N) is 2. The smallest absolute Gasteiger partial charge is 0.00190 e. The summed E-state index contributed by atoms with van der Waals surface area (Å²) in [5.41, 5.74) is 5.58. The van der Waals surface area contributed by atoms with Crippen molar-refractivity contribution >= 4 is 0 Å². The number of nitrogens with two attached hydrogens (primary N) is 1. The Hall–Kier alpha value is -0.120. The number of piperidine rings is 1. The molecule has 3 heteroatoms. The molecule has 1 heterocycles. The van der Waals surface area contributed by atoms with Crippen LogP contribution in [0.1, 0.15) is 26.2 Å². The zero-order valence-corrected chi connectivity index (χ0v) is 11.3. The van der Waals surface area contributed by atoms with Crippen molar-refractivity contribution in [3.8, 4) is 0 Å². The molecule has 0 spiro atoms. The fourth-order valence-corrected chi connectivity index (χ4v) is 2.85. The van der Waals surface area contributed by atoms with E-state index in [-0.39, 0.29) is 0 Å². The second kappa shape index (κ2) is 7.25. The molecule has 0 radical (unpaired) electrons. The fraction of sp³-hybridized carbons (Fsp3) is 1.00. The summed E-state index contributed by atoms with van der Waals surface area (Å²) in [6, 6.07) is 0. The molecule has 1 saturated heterocycles. The zero-order valence-electron chi connectivity index (χ0n) is 11.3. The van der Waals surface area contributed by atoms with Crippen LogP contribution in [0.4, 0.5) is 0 Å². The van der Waals surface area contributed by atoms with Crippen LogP contribution >= 0.6 is 0 Å². The highest BCUT2D eigenvalue weighted by Crippen LogP contribution is 2.16. The standard InChI is InChI=1S/C13H29N3/c1-12(6-7-14)9-16(3)11-13-5-4-8-15(2)10-13/h12-13H,4-11,14H2,1-3H3. The van der Waals surface area contributed by atoms with Crippen molar-refractivity contribution in [1.29, 1.82) is 0 Å². The first-order valence-corrected chi connectivity index (χ1v) is 6.69. The van der Waals surface area contributed by atoms with Crippen LogP contribution in [0.15, 0.2) is 0 Å². The molecule has 0 aromatic carbocycles. The summed E-state index contributed by atoms with van der Waals surface area (Å²) in [5.74, 6) is 1.60. The van der Waals surface area contributed by atoms with E-state index >= 15 is 0 Å². The molecule has 2 unspecified atom stereocenters. The lowest BCUT2D eigenvalue weighted by Gasteiger charge is -2.33. The van der Waals surface area contributed by atoms with E-state index in [1.807, 2.05) is 0 Å². The maximum atomic E-state index is 5.58. The van der Waals surface area contributed by atoms with E-state index < -0.39 is 0 Å². The topological polar surface area (TPSA) is 32.5 Å². The second-order valence-electron chi connectivity index (χ2n) is 5.67. The Labute approximate surface area is 101 Å². The van der Waals surface area contributed by atoms with Gasteiger partial charge in [-0.1, -0.05) is 6.92 Å². The summed E-state index contributed by atoms with van der Waals surface area (Å²) in [4.78, 5) is 4.95. The lowest BCUT2D eigenvalue weighted by atomic mass is 9.97. The predicted octanol–water partition coefficient (Wildman–Crippen LogP) is 1.24. The third-order valence-electron chi connectivity index (χ3n) is 3.57. The number of rotatable bonds is 6. The van der Waals surface area contributed by atoms with Crippen LogP contribution in [0, 0.1) is 11.8 Å². The number of hydrogen-bond acceptors (Lipinski definition) is 3. The maximum absolute atomic E-state index is 5.58. The van der Waals surface area contributed by atoms with Gasteiger partial charge in [0.25, 0.3) is 0 Å². The minimum Gasteiger partial charge on any atom is -0.330 e. The highest BCUT2D eigenvalue weighted by molar-refractivity contribution is 4.73. The Morgan fingerprint density at radius 1 is 1.50 bits per heavy atom. The molecule has 3 nitrogen and oxygen atoms in total. The Balaban J connectivity index is 2.19. The van der Waals surface area contributed by atoms with Gasteiger partial charge in [0, 0.05) is 19.6 Å². The molecular formula is C13H29N3. The largest absolute Gasteiger partial charge is 0.330 e. The first-order chi connectivity index (χ1) is 7.61. The zero-order chi connectivity index (χ0) is 12.0. The first kappa shape index (κ1) is 13.9. The van der Waals surface area contributed by atoms with Gasteiger partial charge in [0.1, 0.15) is 0 Å². The summed E-state index contributed by atoms with van der Waals surface area (Å²) < 4.78 is 0. The number of hydrogen-bond donors (Lipinski definition) is 1. The van der Waals surface area contributed by atoms with E-state index in [0.717, 1.165) is 24.8 Å². The van der Waals surface area contributed by atoms with Crippen molar-refractivity contribution in [3.05, 3.63) is 0 Å². The minimum atomic E-state index is 0.733. The van der Waals surface area contributed by atoms with Gasteiger partial charge in [-0.3, -0.25) is 0 Å². The molecule has 0 saturated carbocycles. The van der Waals surface area contributed by atoms with Crippen molar-refractivity contribution in [2.24, 2.45) is 17.6 Å². The van der Waals surface area contributed by atoms with Gasteiger partial charge in [-0.2, -0.15) is 0 Å². The average molecular weight is 227 g/mol. The van der Waals surface area contributed by atoms with Crippen LogP contribution in [-0.4, -0.2) is 56.6 Å². The van der Waals surface area contributed by atoms with E-state index in [4.69, 9.17) is 5.73 Å². The van der Waals surface area contributed by atoms with Crippen LogP contribution in [0.2, 0.25) is 0 Å². The summed E-state index contributed by atoms with van der Waals surface area (Å²) in [7, 11) is 4.49. The van der Waals surface area contributed by atoms with Crippen LogP contribution in [0.5, 0.6) is 0 Å². The van der Waals surface area contributed by atoms with Gasteiger partial charge in [0.05, 0.1) is 0 Å². The van der Waals surface area contributed by atoms with Gasteiger partial charge in [-0.25, -0.2) is 0 Å². The molecule has 1 aliphatic rings. The quantitative estimate of drug-likeness (QED) is 0.741. The first-order valence-electron chi connectivity index (χ1n) is 6.69. The number of likely N-dealkylation sites (tertiary alicyclic amines) is 1. The van der Waals surface area contributed by atoms with Gasteiger partial charge in [0.15, 0.2) is 0 Å². The monoisotopic (exact) mass is 227 g/mol. The SMILES string of the molecule is CC(CCN)CN(C)CC1CCCN(C)C1. The second-order valence-corrected chi connectivity index (χ2v) is 5.67. The van der Waals surface area contributed by atoms with Crippen LogP contribution in [0.3, 0.4) is 0 Å². The molecule has 16 heavy (non-hydrogen) atoms. The predicted molar refractivity (Wildman–Crippen MR) is 70.6 cm³/mol. The van der Waals surface area contributed by atoms with Crippen LogP contribution in [-0.2, 0) is 0 Å². The van der Waals surface area contributed by atoms with E-state index in [1.54, 1.807) is 0 Å². The molecule has 1 rings (SSSR count). The summed E-state index contributed by atoms with van der Waals surface area (Å²) in [6.45, 7) is 8.12. The molecule has 0 aromatic rings. The van der Waals surface area contributed by atoms with E-state index in [0.29, 0.717) is 0 Å². The normalized spacial score (nSPS) is 24.9. The van der Waals surface area contributed by atoms with Gasteiger partial charge < -0.3 is 15.5 Å². The Bertz CT molecular complexity index is 184. The molecule has 2 N–H and O–H groups in total. The fourth-order valence-electron chi connectivity index (χ4n) is 2.85. The molecule has 0 amide bonds. The highest BCUT2D eigenvalue weighted by atomic mass is 15.1. The van der Waals surface area contributed by atoms with E-state index in [9.17, 15) is 0 Å². The molecule has 0 bridgehead atoms. The molecule has 2 atom stereocenters. The van der Waals surface area contributed by atoms with Crippen molar-refractivity contribution in [2.75, 3.05) is 46.8 Å².